The highest BCUT2D eigenvalue weighted by atomic mass is 32.1. The number of ketones is 1. The number of aromatic carboxylic acids is 1. The maximum atomic E-state index is 12.2. The van der Waals surface area contributed by atoms with E-state index in [9.17, 15) is 9.59 Å². The van der Waals surface area contributed by atoms with Gasteiger partial charge in [0, 0.05) is 16.6 Å². The number of thiophene rings is 1. The van der Waals surface area contributed by atoms with Crippen molar-refractivity contribution in [2.24, 2.45) is 0 Å². The van der Waals surface area contributed by atoms with Crippen molar-refractivity contribution >= 4 is 23.1 Å². The van der Waals surface area contributed by atoms with Crippen molar-refractivity contribution in [1.82, 2.24) is 4.98 Å². The summed E-state index contributed by atoms with van der Waals surface area (Å²) in [6, 6.07) is 3.33. The summed E-state index contributed by atoms with van der Waals surface area (Å²) in [6.45, 7) is 0. The zero-order chi connectivity index (χ0) is 12.7. The molecule has 0 atom stereocenters. The number of aromatic amines is 1. The minimum absolute atomic E-state index is 0.0439. The fourth-order valence-corrected chi connectivity index (χ4v) is 3.45. The first-order valence-corrected chi connectivity index (χ1v) is 6.55. The average molecular weight is 261 g/mol. The molecule has 18 heavy (non-hydrogen) atoms. The van der Waals surface area contributed by atoms with Gasteiger partial charge in [0.1, 0.15) is 5.69 Å². The fourth-order valence-electron chi connectivity index (χ4n) is 2.23. The zero-order valence-electron chi connectivity index (χ0n) is 9.53. The van der Waals surface area contributed by atoms with Gasteiger partial charge in [-0.3, -0.25) is 4.79 Å². The number of carbonyl (C=O) groups is 2. The van der Waals surface area contributed by atoms with E-state index in [0.717, 1.165) is 12.8 Å². The number of rotatable bonds is 3. The number of carboxylic acid groups (broad SMARTS) is 1. The second-order valence-corrected chi connectivity index (χ2v) is 5.49. The standard InChI is InChI=1S/C13H11NO3S/c15-12(8-4-9(13(16)17)14-6-8)11-5-7-2-1-3-10(7)18-11/h4-6,14H,1-3H2,(H,16,17). The van der Waals surface area contributed by atoms with Gasteiger partial charge in [0.15, 0.2) is 0 Å². The van der Waals surface area contributed by atoms with Crippen LogP contribution >= 0.6 is 11.3 Å². The van der Waals surface area contributed by atoms with Crippen molar-refractivity contribution in [3.05, 3.63) is 44.9 Å². The first-order chi connectivity index (χ1) is 8.65. The Morgan fingerprint density at radius 3 is 2.78 bits per heavy atom. The lowest BCUT2D eigenvalue weighted by Gasteiger charge is -1.93. The van der Waals surface area contributed by atoms with E-state index in [2.05, 4.69) is 4.98 Å². The molecule has 0 fully saturated rings. The average Bonchev–Trinajstić information content (AvgIpc) is 3.02. The minimum Gasteiger partial charge on any atom is -0.477 e. The number of carbonyl (C=O) groups excluding carboxylic acids is 1. The van der Waals surface area contributed by atoms with Crippen molar-refractivity contribution in [3.63, 3.8) is 0 Å². The Kier molecular flexibility index (Phi) is 2.56. The molecule has 0 aliphatic heterocycles. The summed E-state index contributed by atoms with van der Waals surface area (Å²) in [6.07, 6.45) is 4.73. The molecule has 0 radical (unpaired) electrons. The molecule has 2 aromatic heterocycles. The molecule has 4 nitrogen and oxygen atoms in total. The van der Waals surface area contributed by atoms with Gasteiger partial charge in [-0.2, -0.15) is 0 Å². The Bertz CT molecular complexity index is 617. The molecule has 3 rings (SSSR count). The van der Waals surface area contributed by atoms with E-state index < -0.39 is 5.97 Å². The monoisotopic (exact) mass is 261 g/mol. The largest absolute Gasteiger partial charge is 0.477 e. The Balaban J connectivity index is 1.91. The molecule has 92 valence electrons. The van der Waals surface area contributed by atoms with Crippen LogP contribution in [0.2, 0.25) is 0 Å². The second-order valence-electron chi connectivity index (χ2n) is 4.35. The topological polar surface area (TPSA) is 70.2 Å². The number of aryl methyl sites for hydroxylation is 2. The van der Waals surface area contributed by atoms with Crippen LogP contribution in [-0.2, 0) is 12.8 Å². The number of carboxylic acids is 1. The van der Waals surface area contributed by atoms with Crippen LogP contribution in [0, 0.1) is 0 Å². The zero-order valence-corrected chi connectivity index (χ0v) is 10.3. The van der Waals surface area contributed by atoms with Gasteiger partial charge in [-0.1, -0.05) is 0 Å². The Labute approximate surface area is 107 Å². The summed E-state index contributed by atoms with van der Waals surface area (Å²) in [5.41, 5.74) is 1.73. The summed E-state index contributed by atoms with van der Waals surface area (Å²) >= 11 is 1.53. The Morgan fingerprint density at radius 2 is 2.11 bits per heavy atom. The first-order valence-electron chi connectivity index (χ1n) is 5.73. The van der Waals surface area contributed by atoms with Crippen LogP contribution in [0.5, 0.6) is 0 Å². The summed E-state index contributed by atoms with van der Waals surface area (Å²) in [5.74, 6) is -1.15. The first kappa shape index (κ1) is 11.2. The third-order valence-electron chi connectivity index (χ3n) is 3.15. The molecular formula is C13H11NO3S. The summed E-state index contributed by atoms with van der Waals surface area (Å²) in [7, 11) is 0. The normalized spacial score (nSPS) is 13.6. The molecule has 1 aliphatic rings. The molecule has 0 spiro atoms. The van der Waals surface area contributed by atoms with Gasteiger partial charge in [0.2, 0.25) is 5.78 Å². The van der Waals surface area contributed by atoms with Gasteiger partial charge in [0.05, 0.1) is 4.88 Å². The van der Waals surface area contributed by atoms with Crippen LogP contribution in [0.4, 0.5) is 0 Å². The van der Waals surface area contributed by atoms with Gasteiger partial charge in [-0.25, -0.2) is 4.79 Å². The Morgan fingerprint density at radius 1 is 1.28 bits per heavy atom. The van der Waals surface area contributed by atoms with Gasteiger partial charge in [0.25, 0.3) is 0 Å². The molecule has 0 unspecified atom stereocenters. The van der Waals surface area contributed by atoms with Gasteiger partial charge in [-0.15, -0.1) is 11.3 Å². The van der Waals surface area contributed by atoms with Crippen LogP contribution in [0.1, 0.15) is 42.6 Å². The molecule has 0 bridgehead atoms. The smallest absolute Gasteiger partial charge is 0.352 e. The SMILES string of the molecule is O=C(O)c1cc(C(=O)c2cc3c(s2)CCC3)c[nH]1. The van der Waals surface area contributed by atoms with Crippen molar-refractivity contribution in [2.75, 3.05) is 0 Å². The van der Waals surface area contributed by atoms with Crippen LogP contribution in [0.3, 0.4) is 0 Å². The lowest BCUT2D eigenvalue weighted by atomic mass is 10.1. The number of aromatic nitrogens is 1. The van der Waals surface area contributed by atoms with E-state index in [-0.39, 0.29) is 11.5 Å². The quantitative estimate of drug-likeness (QED) is 0.834. The van der Waals surface area contributed by atoms with Gasteiger partial charge in [-0.05, 0) is 37.0 Å². The van der Waals surface area contributed by atoms with Gasteiger partial charge >= 0.3 is 5.97 Å². The summed E-state index contributed by atoms with van der Waals surface area (Å²) in [5, 5.41) is 8.81. The third kappa shape index (κ3) is 1.76. The minimum atomic E-state index is -1.05. The molecule has 5 heteroatoms. The number of nitrogens with one attached hydrogen (secondary N) is 1. The van der Waals surface area contributed by atoms with Crippen LogP contribution in [0.25, 0.3) is 0 Å². The van der Waals surface area contributed by atoms with E-state index in [1.807, 2.05) is 6.07 Å². The molecule has 0 aromatic carbocycles. The van der Waals surface area contributed by atoms with Crippen LogP contribution in [-0.4, -0.2) is 21.8 Å². The second kappa shape index (κ2) is 4.10. The number of hydrogen-bond acceptors (Lipinski definition) is 3. The van der Waals surface area contributed by atoms with Crippen molar-refractivity contribution in [1.29, 1.82) is 0 Å². The maximum absolute atomic E-state index is 12.2. The lowest BCUT2D eigenvalue weighted by molar-refractivity contribution is 0.0691. The molecular weight excluding hydrogens is 250 g/mol. The van der Waals surface area contributed by atoms with E-state index in [4.69, 9.17) is 5.11 Å². The number of fused-ring (bicyclic) bond motifs is 1. The van der Waals surface area contributed by atoms with E-state index in [1.54, 1.807) is 0 Å². The molecule has 2 N–H and O–H groups in total. The maximum Gasteiger partial charge on any atom is 0.352 e. The van der Waals surface area contributed by atoms with Crippen molar-refractivity contribution in [2.45, 2.75) is 19.3 Å². The lowest BCUT2D eigenvalue weighted by Crippen LogP contribution is -1.97. The van der Waals surface area contributed by atoms with E-state index in [0.29, 0.717) is 10.4 Å². The summed E-state index contributed by atoms with van der Waals surface area (Å²) in [4.78, 5) is 27.5. The molecule has 0 saturated heterocycles. The highest BCUT2D eigenvalue weighted by Crippen LogP contribution is 2.31. The number of hydrogen-bond donors (Lipinski definition) is 2. The van der Waals surface area contributed by atoms with E-state index in [1.165, 1.54) is 40.5 Å². The van der Waals surface area contributed by atoms with Gasteiger partial charge < -0.3 is 10.1 Å². The highest BCUT2D eigenvalue weighted by molar-refractivity contribution is 7.14. The predicted octanol–water partition coefficient (Wildman–Crippen LogP) is 2.49. The Hall–Kier alpha value is -1.88. The molecule has 2 heterocycles. The summed E-state index contributed by atoms with van der Waals surface area (Å²) < 4.78 is 0. The molecule has 0 amide bonds. The molecule has 0 saturated carbocycles. The number of H-pyrrole nitrogens is 1. The third-order valence-corrected chi connectivity index (χ3v) is 4.38. The van der Waals surface area contributed by atoms with E-state index >= 15 is 0 Å². The fraction of sp³-hybridized carbons (Fsp3) is 0.231. The highest BCUT2D eigenvalue weighted by Gasteiger charge is 2.20. The van der Waals surface area contributed by atoms with Crippen LogP contribution < -0.4 is 0 Å². The predicted molar refractivity (Wildman–Crippen MR) is 67.5 cm³/mol. The molecule has 1 aliphatic carbocycles. The van der Waals surface area contributed by atoms with Crippen molar-refractivity contribution < 1.29 is 14.7 Å². The molecule has 2 aromatic rings. The van der Waals surface area contributed by atoms with Crippen molar-refractivity contribution in [3.8, 4) is 0 Å². The van der Waals surface area contributed by atoms with Crippen LogP contribution in [0.15, 0.2) is 18.3 Å².